The number of nitrogens with zero attached hydrogens (tertiary/aromatic N) is 1. The van der Waals surface area contributed by atoms with E-state index in [1.165, 1.54) is 11.3 Å². The molecule has 1 aromatic rings. The summed E-state index contributed by atoms with van der Waals surface area (Å²) < 4.78 is 0. The van der Waals surface area contributed by atoms with Crippen LogP contribution in [0.5, 0.6) is 0 Å². The number of nitrogens with one attached hydrogen (secondary N) is 1. The molecule has 1 amide bonds. The second kappa shape index (κ2) is 6.05. The smallest absolute Gasteiger partial charge is 0.265 e. The zero-order chi connectivity index (χ0) is 11.7. The summed E-state index contributed by atoms with van der Waals surface area (Å²) in [5.74, 6) is 0.0563. The number of carbonyl (C=O) groups excluding carboxylic acids is 1. The minimum absolute atomic E-state index is 0. The van der Waals surface area contributed by atoms with Gasteiger partial charge in [0, 0.05) is 25.2 Å². The first kappa shape index (κ1) is 14.8. The van der Waals surface area contributed by atoms with Gasteiger partial charge >= 0.3 is 0 Å². The van der Waals surface area contributed by atoms with Crippen LogP contribution in [0.2, 0.25) is 5.02 Å². The fourth-order valence-corrected chi connectivity index (χ4v) is 2.97. The van der Waals surface area contributed by atoms with Crippen molar-refractivity contribution in [2.75, 3.05) is 13.1 Å². The Morgan fingerprint density at radius 2 is 2.29 bits per heavy atom. The average molecular weight is 295 g/mol. The number of amides is 1. The van der Waals surface area contributed by atoms with Crippen molar-refractivity contribution in [1.29, 1.82) is 0 Å². The Hall–Kier alpha value is -0.290. The Morgan fingerprint density at radius 1 is 1.59 bits per heavy atom. The molecule has 3 nitrogen and oxygen atoms in total. The van der Waals surface area contributed by atoms with Gasteiger partial charge in [-0.1, -0.05) is 11.6 Å². The monoisotopic (exact) mass is 294 g/mol. The first-order valence-electron chi connectivity index (χ1n) is 5.37. The minimum Gasteiger partial charge on any atom is -0.332 e. The van der Waals surface area contributed by atoms with Crippen LogP contribution in [0, 0.1) is 0 Å². The highest BCUT2D eigenvalue weighted by Crippen LogP contribution is 2.25. The molecule has 17 heavy (non-hydrogen) atoms. The average Bonchev–Trinajstić information content (AvgIpc) is 2.67. The predicted molar refractivity (Wildman–Crippen MR) is 74.5 cm³/mol. The van der Waals surface area contributed by atoms with Crippen molar-refractivity contribution in [2.24, 2.45) is 0 Å². The second-order valence-electron chi connectivity index (χ2n) is 4.21. The highest BCUT2D eigenvalue weighted by Gasteiger charge is 2.28. The van der Waals surface area contributed by atoms with Crippen molar-refractivity contribution in [2.45, 2.75) is 25.9 Å². The molecule has 6 heteroatoms. The van der Waals surface area contributed by atoms with Gasteiger partial charge in [-0.05, 0) is 25.3 Å². The fourth-order valence-electron chi connectivity index (χ4n) is 1.88. The summed E-state index contributed by atoms with van der Waals surface area (Å²) in [6.45, 7) is 5.73. The van der Waals surface area contributed by atoms with Crippen molar-refractivity contribution >= 4 is 41.3 Å². The van der Waals surface area contributed by atoms with E-state index in [9.17, 15) is 4.79 Å². The molecule has 1 aliphatic heterocycles. The minimum atomic E-state index is 0. The van der Waals surface area contributed by atoms with Crippen LogP contribution in [0.1, 0.15) is 23.5 Å². The van der Waals surface area contributed by atoms with E-state index in [0.717, 1.165) is 13.1 Å². The fraction of sp³-hybridized carbons (Fsp3) is 0.545. The van der Waals surface area contributed by atoms with Gasteiger partial charge in [-0.25, -0.2) is 0 Å². The Balaban J connectivity index is 0.00000144. The topological polar surface area (TPSA) is 32.3 Å². The van der Waals surface area contributed by atoms with E-state index in [1.807, 2.05) is 10.3 Å². The van der Waals surface area contributed by atoms with Crippen molar-refractivity contribution in [3.8, 4) is 0 Å². The maximum atomic E-state index is 12.3. The number of carbonyl (C=O) groups is 1. The van der Waals surface area contributed by atoms with Crippen LogP contribution >= 0.6 is 35.3 Å². The van der Waals surface area contributed by atoms with E-state index in [4.69, 9.17) is 11.6 Å². The number of hydrogen-bond donors (Lipinski definition) is 1. The molecule has 2 heterocycles. The maximum absolute atomic E-state index is 12.3. The lowest BCUT2D eigenvalue weighted by atomic mass is 10.1. The van der Waals surface area contributed by atoms with Crippen molar-refractivity contribution in [3.63, 3.8) is 0 Å². The summed E-state index contributed by atoms with van der Waals surface area (Å²) in [6.07, 6.45) is 0. The predicted octanol–water partition coefficient (Wildman–Crippen LogP) is 2.65. The van der Waals surface area contributed by atoms with Crippen LogP contribution in [0.25, 0.3) is 0 Å². The van der Waals surface area contributed by atoms with E-state index >= 15 is 0 Å². The highest BCUT2D eigenvalue weighted by atomic mass is 35.5. The first-order chi connectivity index (χ1) is 7.59. The molecule has 1 fully saturated rings. The van der Waals surface area contributed by atoms with Gasteiger partial charge in [0.15, 0.2) is 0 Å². The van der Waals surface area contributed by atoms with E-state index < -0.39 is 0 Å². The van der Waals surface area contributed by atoms with Crippen molar-refractivity contribution in [1.82, 2.24) is 10.2 Å². The summed E-state index contributed by atoms with van der Waals surface area (Å²) in [6, 6.07) is 2.34. The van der Waals surface area contributed by atoms with Gasteiger partial charge in [0.05, 0.1) is 5.02 Å². The molecule has 96 valence electrons. The number of hydrogen-bond acceptors (Lipinski definition) is 3. The van der Waals surface area contributed by atoms with Crippen LogP contribution in [0.15, 0.2) is 11.4 Å². The SMILES string of the molecule is CC1CN(C(=O)c2sccc2Cl)C(C)CN1.Cl. The van der Waals surface area contributed by atoms with Crippen LogP contribution in [-0.4, -0.2) is 36.0 Å². The third kappa shape index (κ3) is 3.13. The number of halogens is 2. The van der Waals surface area contributed by atoms with E-state index in [2.05, 4.69) is 19.2 Å². The molecular weight excluding hydrogens is 279 g/mol. The molecule has 2 unspecified atom stereocenters. The van der Waals surface area contributed by atoms with E-state index in [0.29, 0.717) is 15.9 Å². The molecule has 1 aromatic heterocycles. The van der Waals surface area contributed by atoms with Crippen LogP contribution < -0.4 is 5.32 Å². The molecule has 2 rings (SSSR count). The lowest BCUT2D eigenvalue weighted by Gasteiger charge is -2.37. The lowest BCUT2D eigenvalue weighted by Crippen LogP contribution is -2.56. The van der Waals surface area contributed by atoms with Gasteiger partial charge in [-0.15, -0.1) is 23.7 Å². The van der Waals surface area contributed by atoms with Gasteiger partial charge in [-0.3, -0.25) is 4.79 Å². The summed E-state index contributed by atoms with van der Waals surface area (Å²) in [5, 5.41) is 5.77. The summed E-state index contributed by atoms with van der Waals surface area (Å²) in [5.41, 5.74) is 0. The third-order valence-electron chi connectivity index (χ3n) is 2.84. The number of rotatable bonds is 1. The second-order valence-corrected chi connectivity index (χ2v) is 5.54. The molecule has 0 aromatic carbocycles. The molecule has 0 saturated carbocycles. The molecular formula is C11H16Cl2N2OS. The van der Waals surface area contributed by atoms with Crippen LogP contribution in [0.3, 0.4) is 0 Å². The Bertz CT molecular complexity index is 397. The summed E-state index contributed by atoms with van der Waals surface area (Å²) >= 11 is 7.40. The lowest BCUT2D eigenvalue weighted by molar-refractivity contribution is 0.0621. The molecule has 0 bridgehead atoms. The molecule has 1 saturated heterocycles. The summed E-state index contributed by atoms with van der Waals surface area (Å²) in [7, 11) is 0. The van der Waals surface area contributed by atoms with Crippen LogP contribution in [-0.2, 0) is 0 Å². The molecule has 1 aliphatic rings. The third-order valence-corrected chi connectivity index (χ3v) is 4.17. The Labute approximate surface area is 117 Å². The molecule has 1 N–H and O–H groups in total. The summed E-state index contributed by atoms with van der Waals surface area (Å²) in [4.78, 5) is 14.8. The van der Waals surface area contributed by atoms with Crippen molar-refractivity contribution < 1.29 is 4.79 Å². The number of thiophene rings is 1. The zero-order valence-corrected chi connectivity index (χ0v) is 12.2. The number of piperazine rings is 1. The van der Waals surface area contributed by atoms with E-state index in [1.54, 1.807) is 6.07 Å². The zero-order valence-electron chi connectivity index (χ0n) is 9.77. The Morgan fingerprint density at radius 3 is 2.88 bits per heavy atom. The van der Waals surface area contributed by atoms with Crippen LogP contribution in [0.4, 0.5) is 0 Å². The largest absolute Gasteiger partial charge is 0.332 e. The Kier molecular flexibility index (Phi) is 5.25. The maximum Gasteiger partial charge on any atom is 0.265 e. The van der Waals surface area contributed by atoms with E-state index in [-0.39, 0.29) is 24.4 Å². The molecule has 0 spiro atoms. The molecule has 0 aliphatic carbocycles. The highest BCUT2D eigenvalue weighted by molar-refractivity contribution is 7.12. The van der Waals surface area contributed by atoms with Gasteiger partial charge in [-0.2, -0.15) is 0 Å². The van der Waals surface area contributed by atoms with Gasteiger partial charge in [0.2, 0.25) is 0 Å². The standard InChI is InChI=1S/C11H15ClN2OS.ClH/c1-7-6-14(8(2)5-13-7)11(15)10-9(12)3-4-16-10;/h3-4,7-8,13H,5-6H2,1-2H3;1H. The first-order valence-corrected chi connectivity index (χ1v) is 6.62. The quantitative estimate of drug-likeness (QED) is 0.864. The van der Waals surface area contributed by atoms with Gasteiger partial charge in [0.25, 0.3) is 5.91 Å². The normalized spacial score (nSPS) is 24.3. The molecule has 2 atom stereocenters. The van der Waals surface area contributed by atoms with Gasteiger partial charge < -0.3 is 10.2 Å². The van der Waals surface area contributed by atoms with Crippen molar-refractivity contribution in [3.05, 3.63) is 21.3 Å². The molecule has 0 radical (unpaired) electrons. The van der Waals surface area contributed by atoms with Gasteiger partial charge in [0.1, 0.15) is 4.88 Å².